The number of benzene rings is 3. The first-order valence-corrected chi connectivity index (χ1v) is 8.56. The first-order valence-electron chi connectivity index (χ1n) is 8.56. The Bertz CT molecular complexity index is 718. The maximum absolute atomic E-state index is 10.0. The summed E-state index contributed by atoms with van der Waals surface area (Å²) in [6.45, 7) is 3.24. The molecule has 0 saturated carbocycles. The lowest BCUT2D eigenvalue weighted by Crippen LogP contribution is -2.47. The number of quaternary nitrogens is 1. The summed E-state index contributed by atoms with van der Waals surface area (Å²) in [5.41, 5.74) is 3.37. The van der Waals surface area contributed by atoms with E-state index in [-0.39, 0.29) is 10.7 Å². The fourth-order valence-corrected chi connectivity index (χ4v) is 3.25. The molecule has 3 heteroatoms. The fourth-order valence-electron chi connectivity index (χ4n) is 3.25. The second kappa shape index (κ2) is 8.08. The van der Waals surface area contributed by atoms with Crippen molar-refractivity contribution >= 4 is 0 Å². The Kier molecular flexibility index (Phi) is 5.61. The molecule has 25 heavy (non-hydrogen) atoms. The van der Waals surface area contributed by atoms with Crippen molar-refractivity contribution in [2.24, 2.45) is 0 Å². The van der Waals surface area contributed by atoms with E-state index in [0.717, 1.165) is 16.7 Å². The maximum Gasteiger partial charge on any atom is 0.145 e. The summed E-state index contributed by atoms with van der Waals surface area (Å²) in [5.74, 6) is 0. The van der Waals surface area contributed by atoms with Gasteiger partial charge >= 0.3 is 0 Å². The number of hydroxylamine groups is 3. The first kappa shape index (κ1) is 17.4. The van der Waals surface area contributed by atoms with Gasteiger partial charge in [-0.05, 0) is 11.9 Å². The van der Waals surface area contributed by atoms with Gasteiger partial charge in [0.2, 0.25) is 0 Å². The van der Waals surface area contributed by atoms with Gasteiger partial charge in [-0.15, -0.1) is 4.65 Å². The lowest BCUT2D eigenvalue weighted by atomic mass is 10.0. The zero-order chi connectivity index (χ0) is 17.5. The van der Waals surface area contributed by atoms with Crippen LogP contribution in [0.15, 0.2) is 91.0 Å². The molecule has 0 aliphatic rings. The van der Waals surface area contributed by atoms with Crippen LogP contribution in [0, 0.1) is 0 Å². The number of rotatable bonds is 7. The van der Waals surface area contributed by atoms with E-state index < -0.39 is 0 Å². The summed E-state index contributed by atoms with van der Waals surface area (Å²) in [4.78, 5) is 5.20. The summed E-state index contributed by atoms with van der Waals surface area (Å²) in [6.07, 6.45) is 0. The third-order valence-corrected chi connectivity index (χ3v) is 4.74. The number of hydrogen-bond acceptors (Lipinski definition) is 2. The quantitative estimate of drug-likeness (QED) is 0.357. The minimum atomic E-state index is -0.0355. The molecule has 0 aliphatic heterocycles. The fraction of sp³-hybridized carbons (Fsp3) is 0.182. The van der Waals surface area contributed by atoms with Gasteiger partial charge in [0.1, 0.15) is 19.1 Å². The minimum absolute atomic E-state index is 0.0355. The summed E-state index contributed by atoms with van der Waals surface area (Å²) < 4.78 is 0.0814. The summed E-state index contributed by atoms with van der Waals surface area (Å²) in [5, 5.41) is 10.0. The van der Waals surface area contributed by atoms with Gasteiger partial charge < -0.3 is 0 Å². The van der Waals surface area contributed by atoms with Gasteiger partial charge in [0.15, 0.2) is 0 Å². The van der Waals surface area contributed by atoms with Gasteiger partial charge in [-0.2, -0.15) is 0 Å². The topological polar surface area (TPSA) is 29.5 Å². The Morgan fingerprint density at radius 2 is 1.12 bits per heavy atom. The van der Waals surface area contributed by atoms with E-state index in [1.165, 1.54) is 0 Å². The molecule has 3 rings (SSSR count). The highest BCUT2D eigenvalue weighted by molar-refractivity contribution is 5.19. The molecule has 0 saturated heterocycles. The van der Waals surface area contributed by atoms with Crippen LogP contribution in [0.5, 0.6) is 0 Å². The van der Waals surface area contributed by atoms with Gasteiger partial charge in [0.25, 0.3) is 0 Å². The van der Waals surface area contributed by atoms with Gasteiger partial charge in [0.05, 0.1) is 0 Å². The molecule has 3 aromatic rings. The largest absolute Gasteiger partial charge is 0.200 e. The van der Waals surface area contributed by atoms with Crippen molar-refractivity contribution in [1.29, 1.82) is 0 Å². The number of hydrogen-bond donors (Lipinski definition) is 1. The van der Waals surface area contributed by atoms with Crippen molar-refractivity contribution in [1.82, 2.24) is 0 Å². The predicted molar refractivity (Wildman–Crippen MR) is 99.1 cm³/mol. The van der Waals surface area contributed by atoms with Crippen molar-refractivity contribution in [3.63, 3.8) is 0 Å². The smallest absolute Gasteiger partial charge is 0.145 e. The van der Waals surface area contributed by atoms with Crippen LogP contribution in [0.4, 0.5) is 0 Å². The Morgan fingerprint density at radius 1 is 0.720 bits per heavy atom. The van der Waals surface area contributed by atoms with Crippen LogP contribution in [0.25, 0.3) is 0 Å². The lowest BCUT2D eigenvalue weighted by Gasteiger charge is -2.37. The predicted octanol–water partition coefficient (Wildman–Crippen LogP) is 5.37. The van der Waals surface area contributed by atoms with Crippen LogP contribution < -0.4 is 0 Å². The molecule has 0 bridgehead atoms. The summed E-state index contributed by atoms with van der Waals surface area (Å²) in [7, 11) is 0. The Hall–Kier alpha value is -2.46. The first-order chi connectivity index (χ1) is 12.2. The zero-order valence-corrected chi connectivity index (χ0v) is 14.5. The Morgan fingerprint density at radius 3 is 1.52 bits per heavy atom. The average Bonchev–Trinajstić information content (AvgIpc) is 2.69. The minimum Gasteiger partial charge on any atom is -0.200 e. The standard InChI is InChI=1S/C22H23NO2/c1-19(22-15-9-4-10-16-22)23(25-24,17-20-11-5-2-6-12-20)18-21-13-7-3-8-14-21/h2-16,19H,17-18H2,1H3/p+1. The SMILES string of the molecule is CC(c1ccccc1)[N+](Cc1ccccc1)(Cc1ccccc1)OO. The van der Waals surface area contributed by atoms with Crippen LogP contribution in [0.2, 0.25) is 0 Å². The highest BCUT2D eigenvalue weighted by atomic mass is 17.2. The molecule has 0 aliphatic carbocycles. The van der Waals surface area contributed by atoms with E-state index in [4.69, 9.17) is 4.99 Å². The Balaban J connectivity index is 1.99. The molecule has 3 aromatic carbocycles. The monoisotopic (exact) mass is 334 g/mol. The van der Waals surface area contributed by atoms with Crippen LogP contribution in [0.1, 0.15) is 29.7 Å². The molecule has 0 radical (unpaired) electrons. The number of nitrogens with zero attached hydrogens (tertiary/aromatic N) is 1. The van der Waals surface area contributed by atoms with Crippen LogP contribution in [-0.4, -0.2) is 9.90 Å². The van der Waals surface area contributed by atoms with E-state index in [2.05, 4.69) is 43.3 Å². The van der Waals surface area contributed by atoms with Crippen LogP contribution in [-0.2, 0) is 18.1 Å². The van der Waals surface area contributed by atoms with Gasteiger partial charge in [-0.1, -0.05) is 91.0 Å². The van der Waals surface area contributed by atoms with Crippen molar-refractivity contribution in [3.8, 4) is 0 Å². The average molecular weight is 334 g/mol. The summed E-state index contributed by atoms with van der Waals surface area (Å²) >= 11 is 0. The maximum atomic E-state index is 10.0. The molecule has 0 spiro atoms. The molecule has 0 amide bonds. The Labute approximate surface area is 149 Å². The van der Waals surface area contributed by atoms with Crippen molar-refractivity contribution in [2.45, 2.75) is 26.1 Å². The molecule has 3 nitrogen and oxygen atoms in total. The summed E-state index contributed by atoms with van der Waals surface area (Å²) in [6, 6.07) is 30.4. The normalized spacial score (nSPS) is 12.7. The van der Waals surface area contributed by atoms with Crippen LogP contribution >= 0.6 is 0 Å². The second-order valence-electron chi connectivity index (χ2n) is 6.41. The van der Waals surface area contributed by atoms with Crippen molar-refractivity contribution in [2.75, 3.05) is 0 Å². The molecular weight excluding hydrogens is 310 g/mol. The molecule has 0 heterocycles. The highest BCUT2D eigenvalue weighted by Crippen LogP contribution is 2.33. The molecule has 1 unspecified atom stereocenters. The van der Waals surface area contributed by atoms with E-state index >= 15 is 0 Å². The van der Waals surface area contributed by atoms with Crippen molar-refractivity contribution < 1.29 is 14.9 Å². The molecule has 128 valence electrons. The van der Waals surface area contributed by atoms with Gasteiger partial charge in [0, 0.05) is 16.7 Å². The molecule has 1 N–H and O–H groups in total. The van der Waals surface area contributed by atoms with E-state index in [9.17, 15) is 5.26 Å². The zero-order valence-electron chi connectivity index (χ0n) is 14.5. The second-order valence-corrected chi connectivity index (χ2v) is 6.41. The molecule has 0 fully saturated rings. The molecule has 0 aromatic heterocycles. The van der Waals surface area contributed by atoms with E-state index in [1.807, 2.05) is 54.6 Å². The van der Waals surface area contributed by atoms with Gasteiger partial charge in [-0.3, -0.25) is 0 Å². The molecule has 1 atom stereocenters. The van der Waals surface area contributed by atoms with Crippen LogP contribution in [0.3, 0.4) is 0 Å². The lowest BCUT2D eigenvalue weighted by molar-refractivity contribution is -1.19. The van der Waals surface area contributed by atoms with Gasteiger partial charge in [-0.25, -0.2) is 5.26 Å². The van der Waals surface area contributed by atoms with Crippen molar-refractivity contribution in [3.05, 3.63) is 108 Å². The molecular formula is C22H24NO2+. The third-order valence-electron chi connectivity index (χ3n) is 4.74. The third kappa shape index (κ3) is 4.15. The van der Waals surface area contributed by atoms with E-state index in [1.54, 1.807) is 0 Å². The highest BCUT2D eigenvalue weighted by Gasteiger charge is 2.39. The van der Waals surface area contributed by atoms with E-state index in [0.29, 0.717) is 13.1 Å².